The van der Waals surface area contributed by atoms with Crippen molar-refractivity contribution in [3.63, 3.8) is 0 Å². The van der Waals surface area contributed by atoms with E-state index < -0.39 is 0 Å². The maximum Gasteiger partial charge on any atom is 0.0483 e. The second-order valence-corrected chi connectivity index (χ2v) is 5.13. The van der Waals surface area contributed by atoms with Gasteiger partial charge in [-0.3, -0.25) is 0 Å². The van der Waals surface area contributed by atoms with Crippen molar-refractivity contribution in [2.24, 2.45) is 0 Å². The number of terminal acetylenes is 1. The molecule has 1 heterocycles. The van der Waals surface area contributed by atoms with Crippen molar-refractivity contribution in [3.8, 4) is 12.3 Å². The van der Waals surface area contributed by atoms with E-state index in [1.54, 1.807) is 0 Å². The van der Waals surface area contributed by atoms with E-state index in [0.717, 1.165) is 32.5 Å². The molecule has 2 heteroatoms. The van der Waals surface area contributed by atoms with E-state index in [9.17, 15) is 0 Å². The number of benzene rings is 1. The number of unbranched alkanes of at least 4 members (excludes halogenated alkanes) is 1. The molecule has 0 aliphatic carbocycles. The Hall–Kier alpha value is -1.72. The Labute approximate surface area is 122 Å². The average molecular weight is 268 g/mol. The van der Waals surface area contributed by atoms with Crippen molar-refractivity contribution in [3.05, 3.63) is 36.0 Å². The highest BCUT2D eigenvalue weighted by atomic mass is 15.0. The van der Waals surface area contributed by atoms with Crippen LogP contribution in [0.4, 0.5) is 0 Å². The van der Waals surface area contributed by atoms with E-state index in [0.29, 0.717) is 0 Å². The van der Waals surface area contributed by atoms with Gasteiger partial charge in [0.25, 0.3) is 0 Å². The van der Waals surface area contributed by atoms with Crippen LogP contribution in [-0.2, 0) is 13.0 Å². The third-order valence-electron chi connectivity index (χ3n) is 3.67. The molecule has 0 spiro atoms. The molecule has 2 aromatic rings. The number of aromatic nitrogens is 1. The highest BCUT2D eigenvalue weighted by molar-refractivity contribution is 5.83. The first kappa shape index (κ1) is 14.7. The molecule has 20 heavy (non-hydrogen) atoms. The topological polar surface area (TPSA) is 17.0 Å². The maximum atomic E-state index is 5.38. The fourth-order valence-corrected chi connectivity index (χ4v) is 2.63. The molecule has 0 radical (unpaired) electrons. The molecule has 2 nitrogen and oxygen atoms in total. The van der Waals surface area contributed by atoms with Gasteiger partial charge in [0, 0.05) is 30.1 Å². The van der Waals surface area contributed by atoms with Crippen molar-refractivity contribution < 1.29 is 0 Å². The SMILES string of the molecule is C#CCCn1cc(CCCCNCC)c2ccccc21. The first-order valence-electron chi connectivity index (χ1n) is 7.57. The normalized spacial score (nSPS) is 10.8. The number of aryl methyl sites for hydroxylation is 2. The second kappa shape index (κ2) is 7.77. The molecular weight excluding hydrogens is 244 g/mol. The molecule has 0 fully saturated rings. The van der Waals surface area contributed by atoms with Gasteiger partial charge in [-0.15, -0.1) is 12.3 Å². The van der Waals surface area contributed by atoms with Crippen molar-refractivity contribution in [2.45, 2.75) is 39.2 Å². The van der Waals surface area contributed by atoms with Gasteiger partial charge in [-0.1, -0.05) is 25.1 Å². The first-order valence-corrected chi connectivity index (χ1v) is 7.57. The van der Waals surface area contributed by atoms with Gasteiger partial charge >= 0.3 is 0 Å². The molecule has 0 atom stereocenters. The molecule has 1 aromatic carbocycles. The average Bonchev–Trinajstić information content (AvgIpc) is 2.83. The Morgan fingerprint density at radius 1 is 1.25 bits per heavy atom. The zero-order valence-electron chi connectivity index (χ0n) is 12.4. The van der Waals surface area contributed by atoms with E-state index >= 15 is 0 Å². The number of hydrogen-bond acceptors (Lipinski definition) is 1. The minimum Gasteiger partial charge on any atom is -0.346 e. The monoisotopic (exact) mass is 268 g/mol. The Morgan fingerprint density at radius 3 is 2.90 bits per heavy atom. The lowest BCUT2D eigenvalue weighted by Gasteiger charge is -2.01. The number of nitrogens with one attached hydrogen (secondary N) is 1. The van der Waals surface area contributed by atoms with Gasteiger partial charge < -0.3 is 9.88 Å². The molecule has 0 saturated carbocycles. The van der Waals surface area contributed by atoms with Crippen molar-refractivity contribution in [1.82, 2.24) is 9.88 Å². The second-order valence-electron chi connectivity index (χ2n) is 5.13. The Balaban J connectivity index is 2.06. The van der Waals surface area contributed by atoms with E-state index in [4.69, 9.17) is 6.42 Å². The summed E-state index contributed by atoms with van der Waals surface area (Å²) in [7, 11) is 0. The summed E-state index contributed by atoms with van der Waals surface area (Å²) in [4.78, 5) is 0. The minimum atomic E-state index is 0.790. The molecule has 2 rings (SSSR count). The fourth-order valence-electron chi connectivity index (χ4n) is 2.63. The summed E-state index contributed by atoms with van der Waals surface area (Å²) in [5, 5.41) is 4.76. The summed E-state index contributed by atoms with van der Waals surface area (Å²) < 4.78 is 2.30. The number of rotatable bonds is 8. The van der Waals surface area contributed by atoms with Gasteiger partial charge in [0.15, 0.2) is 0 Å². The Morgan fingerprint density at radius 2 is 2.10 bits per heavy atom. The summed E-state index contributed by atoms with van der Waals surface area (Å²) in [6.45, 7) is 5.24. The van der Waals surface area contributed by atoms with Gasteiger partial charge in [-0.2, -0.15) is 0 Å². The van der Waals surface area contributed by atoms with Gasteiger partial charge in [0.1, 0.15) is 0 Å². The molecule has 0 aliphatic heterocycles. The van der Waals surface area contributed by atoms with Gasteiger partial charge in [0.05, 0.1) is 0 Å². The predicted octanol–water partition coefficient (Wildman–Crippen LogP) is 3.60. The zero-order chi connectivity index (χ0) is 14.2. The first-order chi connectivity index (χ1) is 9.86. The van der Waals surface area contributed by atoms with Crippen molar-refractivity contribution in [1.29, 1.82) is 0 Å². The molecule has 0 saturated heterocycles. The lowest BCUT2D eigenvalue weighted by Crippen LogP contribution is -2.13. The molecule has 106 valence electrons. The fraction of sp³-hybridized carbons (Fsp3) is 0.444. The number of nitrogens with zero attached hydrogens (tertiary/aromatic N) is 1. The standard InChI is InChI=1S/C18H24N2/c1-3-5-14-20-15-16(10-8-9-13-19-4-2)17-11-6-7-12-18(17)20/h1,6-7,11-12,15,19H,4-5,8-10,13-14H2,2H3. The van der Waals surface area contributed by atoms with Crippen LogP contribution in [-0.4, -0.2) is 17.7 Å². The summed E-state index contributed by atoms with van der Waals surface area (Å²) in [5.74, 6) is 2.73. The molecule has 1 N–H and O–H groups in total. The highest BCUT2D eigenvalue weighted by Crippen LogP contribution is 2.23. The molecule has 0 unspecified atom stereocenters. The van der Waals surface area contributed by atoms with E-state index in [2.05, 4.69) is 53.2 Å². The van der Waals surface area contributed by atoms with E-state index in [-0.39, 0.29) is 0 Å². The number of para-hydroxylation sites is 1. The highest BCUT2D eigenvalue weighted by Gasteiger charge is 2.07. The zero-order valence-corrected chi connectivity index (χ0v) is 12.4. The lowest BCUT2D eigenvalue weighted by molar-refractivity contribution is 0.640. The number of hydrogen-bond donors (Lipinski definition) is 1. The predicted molar refractivity (Wildman–Crippen MR) is 86.9 cm³/mol. The maximum absolute atomic E-state index is 5.38. The summed E-state index contributed by atoms with van der Waals surface area (Å²) in [6, 6.07) is 8.63. The van der Waals surface area contributed by atoms with Crippen molar-refractivity contribution in [2.75, 3.05) is 13.1 Å². The number of fused-ring (bicyclic) bond motifs is 1. The lowest BCUT2D eigenvalue weighted by atomic mass is 10.1. The third kappa shape index (κ3) is 3.65. The molecule has 0 aliphatic rings. The van der Waals surface area contributed by atoms with Crippen LogP contribution < -0.4 is 5.32 Å². The minimum absolute atomic E-state index is 0.790. The molecule has 0 bridgehead atoms. The summed E-state index contributed by atoms with van der Waals surface area (Å²) >= 11 is 0. The smallest absolute Gasteiger partial charge is 0.0483 e. The van der Waals surface area contributed by atoms with Gasteiger partial charge in [0.2, 0.25) is 0 Å². The molecule has 1 aromatic heterocycles. The van der Waals surface area contributed by atoms with Crippen molar-refractivity contribution >= 4 is 10.9 Å². The molecule has 0 amide bonds. The van der Waals surface area contributed by atoms with Crippen LogP contribution in [0.15, 0.2) is 30.5 Å². The van der Waals surface area contributed by atoms with E-state index in [1.165, 1.54) is 29.3 Å². The van der Waals surface area contributed by atoms with Crippen LogP contribution in [0.1, 0.15) is 31.7 Å². The van der Waals surface area contributed by atoms with Crippen LogP contribution in [0.2, 0.25) is 0 Å². The van der Waals surface area contributed by atoms with Crippen LogP contribution in [0, 0.1) is 12.3 Å². The third-order valence-corrected chi connectivity index (χ3v) is 3.67. The Bertz CT molecular complexity index is 575. The van der Waals surface area contributed by atoms with Crippen LogP contribution in [0.5, 0.6) is 0 Å². The summed E-state index contributed by atoms with van der Waals surface area (Å²) in [6.07, 6.45) is 12.1. The quantitative estimate of drug-likeness (QED) is 0.572. The van der Waals surface area contributed by atoms with Gasteiger partial charge in [-0.25, -0.2) is 0 Å². The Kier molecular flexibility index (Phi) is 5.70. The molecular formula is C18H24N2. The largest absolute Gasteiger partial charge is 0.346 e. The van der Waals surface area contributed by atoms with Crippen LogP contribution >= 0.6 is 0 Å². The van der Waals surface area contributed by atoms with Gasteiger partial charge in [-0.05, 0) is 44.0 Å². The summed E-state index contributed by atoms with van der Waals surface area (Å²) in [5.41, 5.74) is 2.76. The van der Waals surface area contributed by atoms with Crippen LogP contribution in [0.3, 0.4) is 0 Å². The van der Waals surface area contributed by atoms with Crippen LogP contribution in [0.25, 0.3) is 10.9 Å². The van der Waals surface area contributed by atoms with E-state index in [1.807, 2.05) is 0 Å².